The molecule has 0 aliphatic heterocycles. The van der Waals surface area contributed by atoms with Crippen LogP contribution in [0.3, 0.4) is 0 Å². The van der Waals surface area contributed by atoms with E-state index in [2.05, 4.69) is 27.7 Å². The quantitative estimate of drug-likeness (QED) is 0.775. The predicted molar refractivity (Wildman–Crippen MR) is 69.2 cm³/mol. The maximum Gasteiger partial charge on any atom is 0.0828 e. The highest BCUT2D eigenvalue weighted by molar-refractivity contribution is 5.04. The van der Waals surface area contributed by atoms with E-state index in [-0.39, 0.29) is 5.54 Å². The summed E-state index contributed by atoms with van der Waals surface area (Å²) in [4.78, 5) is 0. The van der Waals surface area contributed by atoms with Gasteiger partial charge in [0.05, 0.1) is 5.60 Å². The van der Waals surface area contributed by atoms with E-state index < -0.39 is 5.60 Å². The van der Waals surface area contributed by atoms with E-state index in [4.69, 9.17) is 5.73 Å². The van der Waals surface area contributed by atoms with E-state index in [1.54, 1.807) is 0 Å². The van der Waals surface area contributed by atoms with Crippen LogP contribution in [0.5, 0.6) is 0 Å². The first kappa shape index (κ1) is 14.0. The molecule has 1 fully saturated rings. The largest absolute Gasteiger partial charge is 0.388 e. The Morgan fingerprint density at radius 2 is 1.94 bits per heavy atom. The van der Waals surface area contributed by atoms with E-state index >= 15 is 0 Å². The zero-order valence-corrected chi connectivity index (χ0v) is 11.4. The Hall–Kier alpha value is -0.0800. The van der Waals surface area contributed by atoms with E-state index in [0.29, 0.717) is 11.8 Å². The summed E-state index contributed by atoms with van der Waals surface area (Å²) in [6, 6.07) is 0. The molecule has 2 heteroatoms. The van der Waals surface area contributed by atoms with Crippen LogP contribution >= 0.6 is 0 Å². The van der Waals surface area contributed by atoms with Crippen molar-refractivity contribution in [2.75, 3.05) is 0 Å². The summed E-state index contributed by atoms with van der Waals surface area (Å²) < 4.78 is 0. The maximum atomic E-state index is 10.9. The van der Waals surface area contributed by atoms with E-state index in [1.807, 2.05) is 0 Å². The van der Waals surface area contributed by atoms with E-state index in [9.17, 15) is 5.11 Å². The number of nitrogens with two attached hydrogens (primary N) is 1. The van der Waals surface area contributed by atoms with Crippen molar-refractivity contribution in [3.63, 3.8) is 0 Å². The highest BCUT2D eigenvalue weighted by Crippen LogP contribution is 2.43. The summed E-state index contributed by atoms with van der Waals surface area (Å²) in [5.41, 5.74) is 5.39. The summed E-state index contributed by atoms with van der Waals surface area (Å²) in [5, 5.41) is 10.9. The summed E-state index contributed by atoms with van der Waals surface area (Å²) in [7, 11) is 0. The molecule has 0 bridgehead atoms. The second-order valence-electron chi connectivity index (χ2n) is 6.00. The minimum atomic E-state index is -0.635. The summed E-state index contributed by atoms with van der Waals surface area (Å²) in [6.07, 6.45) is 5.88. The second kappa shape index (κ2) is 5.05. The fraction of sp³-hybridized carbons (Fsp3) is 1.00. The topological polar surface area (TPSA) is 46.2 Å². The Kier molecular flexibility index (Phi) is 4.42. The van der Waals surface area contributed by atoms with Crippen molar-refractivity contribution in [3.05, 3.63) is 0 Å². The van der Waals surface area contributed by atoms with Crippen molar-refractivity contribution in [3.8, 4) is 0 Å². The molecule has 3 N–H and O–H groups in total. The highest BCUT2D eigenvalue weighted by atomic mass is 16.3. The van der Waals surface area contributed by atoms with Crippen LogP contribution in [-0.4, -0.2) is 16.2 Å². The van der Waals surface area contributed by atoms with Crippen molar-refractivity contribution < 1.29 is 5.11 Å². The third kappa shape index (κ3) is 2.43. The van der Waals surface area contributed by atoms with Gasteiger partial charge in [-0.25, -0.2) is 0 Å². The first-order chi connectivity index (χ1) is 7.38. The van der Waals surface area contributed by atoms with Crippen LogP contribution in [0.25, 0.3) is 0 Å². The Balaban J connectivity index is 2.83. The molecule has 0 heterocycles. The monoisotopic (exact) mass is 227 g/mol. The molecule has 0 spiro atoms. The fourth-order valence-electron chi connectivity index (χ4n) is 3.22. The van der Waals surface area contributed by atoms with Crippen molar-refractivity contribution in [2.24, 2.45) is 17.6 Å². The van der Waals surface area contributed by atoms with Crippen LogP contribution in [0.15, 0.2) is 0 Å². The molecule has 1 rings (SSSR count). The summed E-state index contributed by atoms with van der Waals surface area (Å²) in [6.45, 7) is 8.71. The molecule has 0 aromatic carbocycles. The standard InChI is InChI=1S/C14H29NO/c1-5-13(15,6-2)14(16)9-7-8-12(10-14)11(3)4/h11-12,16H,5-10,15H2,1-4H3. The minimum Gasteiger partial charge on any atom is -0.388 e. The molecule has 0 aromatic heterocycles. The smallest absolute Gasteiger partial charge is 0.0828 e. The Morgan fingerprint density at radius 3 is 2.38 bits per heavy atom. The van der Waals surface area contributed by atoms with Crippen molar-refractivity contribution >= 4 is 0 Å². The lowest BCUT2D eigenvalue weighted by molar-refractivity contribution is -0.0877. The molecule has 96 valence electrons. The predicted octanol–water partition coefficient (Wildman–Crippen LogP) is 3.08. The lowest BCUT2D eigenvalue weighted by Crippen LogP contribution is -2.61. The van der Waals surface area contributed by atoms with Crippen LogP contribution < -0.4 is 5.73 Å². The Labute approximate surface area is 101 Å². The average molecular weight is 227 g/mol. The van der Waals surface area contributed by atoms with Gasteiger partial charge in [0.1, 0.15) is 0 Å². The SMILES string of the molecule is CCC(N)(CC)C1(O)CCCC(C(C)C)C1. The van der Waals surface area contributed by atoms with Gasteiger partial charge in [-0.05, 0) is 43.9 Å². The number of hydrogen-bond donors (Lipinski definition) is 2. The van der Waals surface area contributed by atoms with E-state index in [0.717, 1.165) is 32.1 Å². The minimum absolute atomic E-state index is 0.388. The van der Waals surface area contributed by atoms with Crippen molar-refractivity contribution in [1.29, 1.82) is 0 Å². The highest BCUT2D eigenvalue weighted by Gasteiger charge is 2.47. The Morgan fingerprint density at radius 1 is 1.38 bits per heavy atom. The Bertz CT molecular complexity index is 223. The van der Waals surface area contributed by atoms with Gasteiger partial charge in [0.15, 0.2) is 0 Å². The fourth-order valence-corrected chi connectivity index (χ4v) is 3.22. The molecule has 0 aromatic rings. The molecule has 2 nitrogen and oxygen atoms in total. The van der Waals surface area contributed by atoms with Crippen molar-refractivity contribution in [2.45, 2.75) is 77.4 Å². The second-order valence-corrected chi connectivity index (χ2v) is 6.00. The third-order valence-electron chi connectivity index (χ3n) is 4.90. The summed E-state index contributed by atoms with van der Waals surface area (Å²) in [5.74, 6) is 1.30. The van der Waals surface area contributed by atoms with Gasteiger partial charge in [0.2, 0.25) is 0 Å². The molecule has 1 saturated carbocycles. The summed E-state index contributed by atoms with van der Waals surface area (Å²) >= 11 is 0. The van der Waals surface area contributed by atoms with Gasteiger partial charge in [0.25, 0.3) is 0 Å². The van der Waals surface area contributed by atoms with Gasteiger partial charge >= 0.3 is 0 Å². The molecule has 0 radical (unpaired) electrons. The van der Waals surface area contributed by atoms with E-state index in [1.165, 1.54) is 6.42 Å². The van der Waals surface area contributed by atoms with Crippen LogP contribution in [0, 0.1) is 11.8 Å². The van der Waals surface area contributed by atoms with Gasteiger partial charge < -0.3 is 10.8 Å². The van der Waals surface area contributed by atoms with Crippen LogP contribution in [-0.2, 0) is 0 Å². The number of hydrogen-bond acceptors (Lipinski definition) is 2. The zero-order chi connectivity index (χ0) is 12.4. The molecule has 1 aliphatic rings. The maximum absolute atomic E-state index is 10.9. The first-order valence-electron chi connectivity index (χ1n) is 6.90. The normalized spacial score (nSPS) is 32.1. The lowest BCUT2D eigenvalue weighted by atomic mass is 9.64. The third-order valence-corrected chi connectivity index (χ3v) is 4.90. The van der Waals surface area contributed by atoms with Gasteiger partial charge in [-0.15, -0.1) is 0 Å². The van der Waals surface area contributed by atoms with Gasteiger partial charge in [-0.1, -0.05) is 34.1 Å². The molecule has 1 aliphatic carbocycles. The zero-order valence-electron chi connectivity index (χ0n) is 11.4. The molecular formula is C14H29NO. The lowest BCUT2D eigenvalue weighted by Gasteiger charge is -2.49. The van der Waals surface area contributed by atoms with Gasteiger partial charge in [-0.2, -0.15) is 0 Å². The molecule has 2 unspecified atom stereocenters. The molecule has 16 heavy (non-hydrogen) atoms. The number of aliphatic hydroxyl groups is 1. The average Bonchev–Trinajstić information content (AvgIpc) is 2.27. The van der Waals surface area contributed by atoms with Crippen molar-refractivity contribution in [1.82, 2.24) is 0 Å². The van der Waals surface area contributed by atoms with Gasteiger partial charge in [0, 0.05) is 5.54 Å². The van der Waals surface area contributed by atoms with Gasteiger partial charge in [-0.3, -0.25) is 0 Å². The van der Waals surface area contributed by atoms with Crippen LogP contribution in [0.4, 0.5) is 0 Å². The number of rotatable bonds is 4. The molecule has 2 atom stereocenters. The molecule has 0 amide bonds. The van der Waals surface area contributed by atoms with Crippen LogP contribution in [0.2, 0.25) is 0 Å². The molecular weight excluding hydrogens is 198 g/mol. The van der Waals surface area contributed by atoms with Crippen LogP contribution in [0.1, 0.15) is 66.2 Å². The molecule has 0 saturated heterocycles. The first-order valence-corrected chi connectivity index (χ1v) is 6.90.